The van der Waals surface area contributed by atoms with Crippen LogP contribution in [0.3, 0.4) is 0 Å². The number of aryl methyl sites for hydroxylation is 4. The van der Waals surface area contributed by atoms with Gasteiger partial charge in [-0.2, -0.15) is 10.2 Å². The van der Waals surface area contributed by atoms with E-state index in [0.29, 0.717) is 49.1 Å². The number of rotatable bonds is 6. The number of nitrogens with zero attached hydrogens (tertiary/aromatic N) is 6. The molecule has 39 heavy (non-hydrogen) atoms. The molecule has 0 fully saturated rings. The zero-order chi connectivity index (χ0) is 27.5. The highest BCUT2D eigenvalue weighted by Gasteiger charge is 2.25. The van der Waals surface area contributed by atoms with Crippen LogP contribution in [0.1, 0.15) is 39.3 Å². The summed E-state index contributed by atoms with van der Waals surface area (Å²) in [5.41, 5.74) is 6.08. The van der Waals surface area contributed by atoms with Gasteiger partial charge in [-0.15, -0.1) is 0 Å². The minimum Gasteiger partial charge on any atom is -0.438 e. The molecule has 5 rings (SSSR count). The zero-order valence-electron chi connectivity index (χ0n) is 22.7. The molecule has 198 valence electrons. The highest BCUT2D eigenvalue weighted by molar-refractivity contribution is 5.76. The van der Waals surface area contributed by atoms with Gasteiger partial charge in [-0.1, -0.05) is 17.7 Å². The molecule has 0 unspecified atom stereocenters. The normalized spacial score (nSPS) is 12.8. The third-order valence-electron chi connectivity index (χ3n) is 6.98. The van der Waals surface area contributed by atoms with E-state index < -0.39 is 0 Å². The predicted molar refractivity (Wildman–Crippen MR) is 148 cm³/mol. The highest BCUT2D eigenvalue weighted by atomic mass is 16.5. The van der Waals surface area contributed by atoms with E-state index in [1.807, 2.05) is 79.8 Å². The van der Waals surface area contributed by atoms with Crippen LogP contribution in [0.5, 0.6) is 11.6 Å². The van der Waals surface area contributed by atoms with Crippen molar-refractivity contribution in [3.05, 3.63) is 88.1 Å². The smallest absolute Gasteiger partial charge is 0.242 e. The van der Waals surface area contributed by atoms with Gasteiger partial charge in [0, 0.05) is 43.2 Å². The quantitative estimate of drug-likeness (QED) is 0.383. The lowest BCUT2D eigenvalue weighted by molar-refractivity contribution is -0.131. The van der Waals surface area contributed by atoms with Crippen molar-refractivity contribution in [2.24, 2.45) is 0 Å². The lowest BCUT2D eigenvalue weighted by Crippen LogP contribution is -2.35. The van der Waals surface area contributed by atoms with Gasteiger partial charge < -0.3 is 19.5 Å². The van der Waals surface area contributed by atoms with E-state index in [0.717, 1.165) is 39.5 Å². The molecule has 0 bridgehead atoms. The third-order valence-corrected chi connectivity index (χ3v) is 6.98. The van der Waals surface area contributed by atoms with Crippen LogP contribution < -0.4 is 10.1 Å². The standard InChI is InChI=1S/C30H31N7O2/c1-19-5-7-24(8-6-19)33-30-34-26-10-13-36(27(38)18-37-14-11-32-22(37)4)12-9-25(26)29(35-30)39-28-20(2)15-23(17-31)16-21(28)3/h5-8,11,14-16H,9-10,12-13,18H2,1-4H3,(H,33,34,35). The first-order valence-electron chi connectivity index (χ1n) is 13.0. The molecule has 1 aliphatic heterocycles. The van der Waals surface area contributed by atoms with E-state index in [1.54, 1.807) is 6.20 Å². The number of nitrogens with one attached hydrogen (secondary N) is 1. The second-order valence-corrected chi connectivity index (χ2v) is 9.90. The number of aromatic nitrogens is 4. The van der Waals surface area contributed by atoms with E-state index in [2.05, 4.69) is 16.4 Å². The molecular weight excluding hydrogens is 490 g/mol. The first-order valence-corrected chi connectivity index (χ1v) is 13.0. The number of carbonyl (C=O) groups is 1. The summed E-state index contributed by atoms with van der Waals surface area (Å²) in [6, 6.07) is 13.8. The number of anilines is 2. The summed E-state index contributed by atoms with van der Waals surface area (Å²) in [4.78, 5) is 28.9. The molecule has 0 saturated carbocycles. The van der Waals surface area contributed by atoms with Gasteiger partial charge >= 0.3 is 0 Å². The monoisotopic (exact) mass is 521 g/mol. The molecule has 3 heterocycles. The summed E-state index contributed by atoms with van der Waals surface area (Å²) in [6.07, 6.45) is 4.67. The van der Waals surface area contributed by atoms with E-state index in [9.17, 15) is 10.1 Å². The fraction of sp³-hybridized carbons (Fsp3) is 0.300. The summed E-state index contributed by atoms with van der Waals surface area (Å²) in [7, 11) is 0. The number of benzene rings is 2. The Kier molecular flexibility index (Phi) is 7.28. The van der Waals surface area contributed by atoms with Crippen molar-refractivity contribution in [2.75, 3.05) is 18.4 Å². The second-order valence-electron chi connectivity index (χ2n) is 9.90. The lowest BCUT2D eigenvalue weighted by atomic mass is 10.1. The lowest BCUT2D eigenvalue weighted by Gasteiger charge is -2.20. The van der Waals surface area contributed by atoms with E-state index in [1.165, 1.54) is 0 Å². The summed E-state index contributed by atoms with van der Waals surface area (Å²) in [5, 5.41) is 12.7. The molecule has 2 aromatic carbocycles. The Morgan fingerprint density at radius 2 is 1.77 bits per heavy atom. The Morgan fingerprint density at radius 1 is 1.05 bits per heavy atom. The molecule has 0 atom stereocenters. The van der Waals surface area contributed by atoms with Gasteiger partial charge in [-0.05, 0) is 69.5 Å². The minimum atomic E-state index is 0.0381. The van der Waals surface area contributed by atoms with Crippen molar-refractivity contribution >= 4 is 17.5 Å². The second kappa shape index (κ2) is 11.0. The number of hydrogen-bond acceptors (Lipinski definition) is 7. The average Bonchev–Trinajstić information content (AvgIpc) is 3.18. The molecule has 9 heteroatoms. The van der Waals surface area contributed by atoms with E-state index >= 15 is 0 Å². The van der Waals surface area contributed by atoms with Crippen molar-refractivity contribution in [3.63, 3.8) is 0 Å². The molecule has 0 spiro atoms. The van der Waals surface area contributed by atoms with E-state index in [-0.39, 0.29) is 12.5 Å². The van der Waals surface area contributed by atoms with Crippen LogP contribution >= 0.6 is 0 Å². The number of amides is 1. The highest BCUT2D eigenvalue weighted by Crippen LogP contribution is 2.34. The van der Waals surface area contributed by atoms with Crippen molar-refractivity contribution in [1.29, 1.82) is 5.26 Å². The maximum Gasteiger partial charge on any atom is 0.242 e. The molecule has 0 radical (unpaired) electrons. The van der Waals surface area contributed by atoms with Gasteiger partial charge in [0.05, 0.1) is 17.3 Å². The number of hydrogen-bond donors (Lipinski definition) is 1. The molecule has 0 aliphatic carbocycles. The summed E-state index contributed by atoms with van der Waals surface area (Å²) in [5.74, 6) is 2.42. The minimum absolute atomic E-state index is 0.0381. The van der Waals surface area contributed by atoms with Crippen LogP contribution in [-0.4, -0.2) is 43.4 Å². The van der Waals surface area contributed by atoms with Gasteiger partial charge in [-0.25, -0.2) is 9.97 Å². The summed E-state index contributed by atoms with van der Waals surface area (Å²) < 4.78 is 8.33. The fourth-order valence-corrected chi connectivity index (χ4v) is 4.81. The van der Waals surface area contributed by atoms with Crippen LogP contribution in [-0.2, 0) is 24.2 Å². The topological polar surface area (TPSA) is 109 Å². The average molecular weight is 522 g/mol. The molecular formula is C30H31N7O2. The van der Waals surface area contributed by atoms with E-state index in [4.69, 9.17) is 14.7 Å². The molecule has 1 N–H and O–H groups in total. The Balaban J connectivity index is 1.47. The molecule has 2 aromatic heterocycles. The van der Waals surface area contributed by atoms with Gasteiger partial charge in [0.25, 0.3) is 0 Å². The number of fused-ring (bicyclic) bond motifs is 1. The van der Waals surface area contributed by atoms with Crippen LogP contribution in [0, 0.1) is 39.0 Å². The largest absolute Gasteiger partial charge is 0.438 e. The van der Waals surface area contributed by atoms with Crippen LogP contribution in [0.4, 0.5) is 11.6 Å². The van der Waals surface area contributed by atoms with Crippen LogP contribution in [0.15, 0.2) is 48.8 Å². The predicted octanol–water partition coefficient (Wildman–Crippen LogP) is 4.94. The van der Waals surface area contributed by atoms with Gasteiger partial charge in [0.15, 0.2) is 0 Å². The SMILES string of the molecule is Cc1ccc(Nc2nc3c(c(Oc4c(C)cc(C#N)cc4C)n2)CCN(C(=O)Cn2ccnc2C)CC3)cc1. The van der Waals surface area contributed by atoms with Crippen molar-refractivity contribution < 1.29 is 9.53 Å². The zero-order valence-corrected chi connectivity index (χ0v) is 22.7. The number of imidazole rings is 1. The van der Waals surface area contributed by atoms with Crippen molar-refractivity contribution in [2.45, 2.75) is 47.1 Å². The van der Waals surface area contributed by atoms with Crippen molar-refractivity contribution in [1.82, 2.24) is 24.4 Å². The Bertz CT molecular complexity index is 1540. The number of nitriles is 1. The maximum absolute atomic E-state index is 13.2. The van der Waals surface area contributed by atoms with Crippen molar-refractivity contribution in [3.8, 4) is 17.7 Å². The summed E-state index contributed by atoms with van der Waals surface area (Å²) in [6.45, 7) is 9.11. The molecule has 1 aliphatic rings. The molecule has 1 amide bonds. The number of carbonyl (C=O) groups excluding carboxylic acids is 1. The first kappa shape index (κ1) is 25.9. The molecule has 0 saturated heterocycles. The molecule has 9 nitrogen and oxygen atoms in total. The number of ether oxygens (including phenoxy) is 1. The third kappa shape index (κ3) is 5.75. The maximum atomic E-state index is 13.2. The Morgan fingerprint density at radius 3 is 2.44 bits per heavy atom. The van der Waals surface area contributed by atoms with Gasteiger partial charge in [0.2, 0.25) is 17.7 Å². The van der Waals surface area contributed by atoms with Gasteiger partial charge in [-0.3, -0.25) is 4.79 Å². The molecule has 4 aromatic rings. The summed E-state index contributed by atoms with van der Waals surface area (Å²) >= 11 is 0. The Hall–Kier alpha value is -4.71. The first-order chi connectivity index (χ1) is 18.8. The van der Waals surface area contributed by atoms with Crippen LogP contribution in [0.2, 0.25) is 0 Å². The fourth-order valence-electron chi connectivity index (χ4n) is 4.81. The van der Waals surface area contributed by atoms with Gasteiger partial charge in [0.1, 0.15) is 18.1 Å². The van der Waals surface area contributed by atoms with Crippen LogP contribution in [0.25, 0.3) is 0 Å². The Labute approximate surface area is 228 Å².